The smallest absolute Gasteiger partial charge is 0.322 e. The van der Waals surface area contributed by atoms with Crippen LogP contribution in [-0.4, -0.2) is 23.1 Å². The summed E-state index contributed by atoms with van der Waals surface area (Å²) in [6.07, 6.45) is 0.428. The summed E-state index contributed by atoms with van der Waals surface area (Å²) < 4.78 is 0. The topological polar surface area (TPSA) is 78.4 Å². The predicted molar refractivity (Wildman–Crippen MR) is 52.3 cm³/mol. The molecule has 1 heterocycles. The monoisotopic (exact) mass is 206 g/mol. The van der Waals surface area contributed by atoms with Crippen LogP contribution in [0.15, 0.2) is 24.3 Å². The molecule has 0 spiro atoms. The molecule has 0 bridgehead atoms. The molecule has 1 aromatic rings. The minimum Gasteiger partial charge on any atom is -0.508 e. The quantitative estimate of drug-likeness (QED) is 0.602. The molecule has 1 aliphatic rings. The van der Waals surface area contributed by atoms with E-state index in [1.54, 1.807) is 24.3 Å². The molecule has 78 valence electrons. The molecule has 1 aliphatic heterocycles. The van der Waals surface area contributed by atoms with Crippen molar-refractivity contribution in [1.82, 2.24) is 10.6 Å². The summed E-state index contributed by atoms with van der Waals surface area (Å²) in [7, 11) is 0. The van der Waals surface area contributed by atoms with E-state index in [-0.39, 0.29) is 11.7 Å². The van der Waals surface area contributed by atoms with E-state index in [2.05, 4.69) is 10.6 Å². The minimum atomic E-state index is -0.512. The van der Waals surface area contributed by atoms with Crippen molar-refractivity contribution in [1.29, 1.82) is 0 Å². The Morgan fingerprint density at radius 1 is 1.20 bits per heavy atom. The molecule has 1 saturated heterocycles. The molecule has 1 atom stereocenters. The van der Waals surface area contributed by atoms with Crippen LogP contribution < -0.4 is 10.6 Å². The highest BCUT2D eigenvalue weighted by Gasteiger charge is 2.29. The normalized spacial score (nSPS) is 19.9. The lowest BCUT2D eigenvalue weighted by Gasteiger charge is -2.06. The lowest BCUT2D eigenvalue weighted by atomic mass is 10.1. The zero-order valence-electron chi connectivity index (χ0n) is 7.86. The molecular weight excluding hydrogens is 196 g/mol. The van der Waals surface area contributed by atoms with Crippen LogP contribution in [0.2, 0.25) is 0 Å². The number of carbonyl (C=O) groups is 2. The van der Waals surface area contributed by atoms with Gasteiger partial charge in [-0.1, -0.05) is 12.1 Å². The van der Waals surface area contributed by atoms with Gasteiger partial charge in [0.05, 0.1) is 0 Å². The highest BCUT2D eigenvalue weighted by molar-refractivity contribution is 6.04. The number of hydrogen-bond donors (Lipinski definition) is 3. The number of rotatable bonds is 2. The van der Waals surface area contributed by atoms with Gasteiger partial charge in [0, 0.05) is 6.42 Å². The third kappa shape index (κ3) is 2.07. The molecule has 5 heteroatoms. The van der Waals surface area contributed by atoms with Gasteiger partial charge >= 0.3 is 6.03 Å². The van der Waals surface area contributed by atoms with Gasteiger partial charge in [-0.05, 0) is 17.7 Å². The van der Waals surface area contributed by atoms with E-state index in [4.69, 9.17) is 5.11 Å². The van der Waals surface area contributed by atoms with Gasteiger partial charge in [-0.2, -0.15) is 0 Å². The second-order valence-electron chi connectivity index (χ2n) is 3.39. The lowest BCUT2D eigenvalue weighted by Crippen LogP contribution is -2.30. The van der Waals surface area contributed by atoms with Crippen molar-refractivity contribution in [2.24, 2.45) is 0 Å². The molecule has 0 aromatic heterocycles. The molecule has 1 aromatic carbocycles. The number of imide groups is 1. The van der Waals surface area contributed by atoms with E-state index in [1.165, 1.54) is 0 Å². The molecule has 2 rings (SSSR count). The molecule has 3 N–H and O–H groups in total. The molecule has 0 unspecified atom stereocenters. The molecular formula is C10H10N2O3. The van der Waals surface area contributed by atoms with Crippen molar-refractivity contribution >= 4 is 11.9 Å². The number of carbonyl (C=O) groups excluding carboxylic acids is 2. The Morgan fingerprint density at radius 2 is 1.87 bits per heavy atom. The zero-order chi connectivity index (χ0) is 10.8. The fourth-order valence-electron chi connectivity index (χ4n) is 1.47. The summed E-state index contributed by atoms with van der Waals surface area (Å²) in [5.74, 6) is -0.133. The van der Waals surface area contributed by atoms with E-state index < -0.39 is 12.1 Å². The van der Waals surface area contributed by atoms with Crippen molar-refractivity contribution in [3.05, 3.63) is 29.8 Å². The highest BCUT2D eigenvalue weighted by atomic mass is 16.3. The van der Waals surface area contributed by atoms with Gasteiger partial charge in [0.25, 0.3) is 5.91 Å². The zero-order valence-corrected chi connectivity index (χ0v) is 7.86. The number of aromatic hydroxyl groups is 1. The summed E-state index contributed by atoms with van der Waals surface area (Å²) in [4.78, 5) is 22.0. The average Bonchev–Trinajstić information content (AvgIpc) is 2.49. The van der Waals surface area contributed by atoms with Crippen molar-refractivity contribution < 1.29 is 14.7 Å². The first kappa shape index (κ1) is 9.51. The summed E-state index contributed by atoms with van der Waals surface area (Å²) in [5, 5.41) is 13.7. The Balaban J connectivity index is 2.06. The van der Waals surface area contributed by atoms with Crippen molar-refractivity contribution in [2.45, 2.75) is 12.5 Å². The van der Waals surface area contributed by atoms with Gasteiger partial charge in [0.2, 0.25) is 0 Å². The Bertz CT molecular complexity index is 400. The van der Waals surface area contributed by atoms with Gasteiger partial charge in [-0.25, -0.2) is 4.79 Å². The third-order valence-corrected chi connectivity index (χ3v) is 2.23. The Labute approximate surface area is 86.1 Å². The van der Waals surface area contributed by atoms with Crippen LogP contribution in [0, 0.1) is 0 Å². The summed E-state index contributed by atoms with van der Waals surface area (Å²) >= 11 is 0. The van der Waals surface area contributed by atoms with E-state index in [0.717, 1.165) is 5.56 Å². The number of amides is 3. The van der Waals surface area contributed by atoms with Crippen LogP contribution in [0.5, 0.6) is 5.75 Å². The number of nitrogens with one attached hydrogen (secondary N) is 2. The van der Waals surface area contributed by atoms with Crippen LogP contribution in [0.4, 0.5) is 4.79 Å². The molecule has 5 nitrogen and oxygen atoms in total. The average molecular weight is 206 g/mol. The summed E-state index contributed by atoms with van der Waals surface area (Å²) in [5.41, 5.74) is 0.884. The molecule has 0 saturated carbocycles. The molecule has 0 aliphatic carbocycles. The molecule has 3 amide bonds. The van der Waals surface area contributed by atoms with Crippen LogP contribution >= 0.6 is 0 Å². The largest absolute Gasteiger partial charge is 0.508 e. The maximum absolute atomic E-state index is 11.2. The van der Waals surface area contributed by atoms with Gasteiger partial charge in [-0.15, -0.1) is 0 Å². The Morgan fingerprint density at radius 3 is 2.40 bits per heavy atom. The number of phenols is 1. The number of phenolic OH excluding ortho intramolecular Hbond substituents is 1. The van der Waals surface area contributed by atoms with Crippen molar-refractivity contribution in [3.63, 3.8) is 0 Å². The molecule has 1 fully saturated rings. The van der Waals surface area contributed by atoms with Crippen LogP contribution in [-0.2, 0) is 11.2 Å². The highest BCUT2D eigenvalue weighted by Crippen LogP contribution is 2.12. The number of urea groups is 1. The standard InChI is InChI=1S/C10H10N2O3/c13-7-3-1-6(2-4-7)5-8-9(14)12-10(15)11-8/h1-4,8,13H,5H2,(H2,11,12,14,15)/t8-/m0/s1. The summed E-state index contributed by atoms with van der Waals surface area (Å²) in [6, 6.07) is 5.56. The SMILES string of the molecule is O=C1NC(=O)[C@H](Cc2ccc(O)cc2)N1. The van der Waals surface area contributed by atoms with Gasteiger partial charge in [-0.3, -0.25) is 10.1 Å². The Kier molecular flexibility index (Phi) is 2.29. The van der Waals surface area contributed by atoms with Gasteiger partial charge in [0.1, 0.15) is 11.8 Å². The molecule has 0 radical (unpaired) electrons. The Hall–Kier alpha value is -2.04. The number of hydrogen-bond acceptors (Lipinski definition) is 3. The van der Waals surface area contributed by atoms with Gasteiger partial charge in [0.15, 0.2) is 0 Å². The second-order valence-corrected chi connectivity index (χ2v) is 3.39. The van der Waals surface area contributed by atoms with Crippen LogP contribution in [0.1, 0.15) is 5.56 Å². The van der Waals surface area contributed by atoms with Gasteiger partial charge < -0.3 is 10.4 Å². The first-order valence-corrected chi connectivity index (χ1v) is 4.54. The predicted octanol–water partition coefficient (Wildman–Crippen LogP) is 0.143. The van der Waals surface area contributed by atoms with Crippen molar-refractivity contribution in [3.8, 4) is 5.75 Å². The van der Waals surface area contributed by atoms with Crippen LogP contribution in [0.25, 0.3) is 0 Å². The maximum atomic E-state index is 11.2. The van der Waals surface area contributed by atoms with E-state index in [1.807, 2.05) is 0 Å². The minimum absolute atomic E-state index is 0.179. The van der Waals surface area contributed by atoms with E-state index >= 15 is 0 Å². The fraction of sp³-hybridized carbons (Fsp3) is 0.200. The van der Waals surface area contributed by atoms with E-state index in [0.29, 0.717) is 6.42 Å². The van der Waals surface area contributed by atoms with Crippen molar-refractivity contribution in [2.75, 3.05) is 0 Å². The second kappa shape index (κ2) is 3.61. The first-order valence-electron chi connectivity index (χ1n) is 4.54. The molecule has 15 heavy (non-hydrogen) atoms. The van der Waals surface area contributed by atoms with E-state index in [9.17, 15) is 9.59 Å². The first-order chi connectivity index (χ1) is 7.15. The number of benzene rings is 1. The third-order valence-electron chi connectivity index (χ3n) is 2.23. The maximum Gasteiger partial charge on any atom is 0.322 e. The fourth-order valence-corrected chi connectivity index (χ4v) is 1.47. The lowest BCUT2D eigenvalue weighted by molar-refractivity contribution is -0.120. The summed E-state index contributed by atoms with van der Waals surface area (Å²) in [6.45, 7) is 0. The van der Waals surface area contributed by atoms with Crippen LogP contribution in [0.3, 0.4) is 0 Å².